The Morgan fingerprint density at radius 3 is 1.58 bits per heavy atom. The summed E-state index contributed by atoms with van der Waals surface area (Å²) in [6.45, 7) is -7.88. The quantitative estimate of drug-likeness (QED) is 0.0911. The molecule has 1 N–H and O–H groups in total. The third-order valence-corrected chi connectivity index (χ3v) is 19.1. The third kappa shape index (κ3) is 9.47. The van der Waals surface area contributed by atoms with Gasteiger partial charge in [-0.05, 0) is 108 Å². The van der Waals surface area contributed by atoms with Gasteiger partial charge in [0.25, 0.3) is 0 Å². The maximum Gasteiger partial charge on any atom is 0.465 e. The van der Waals surface area contributed by atoms with Crippen molar-refractivity contribution in [3.63, 3.8) is 0 Å². The summed E-state index contributed by atoms with van der Waals surface area (Å²) >= 11 is 0. The van der Waals surface area contributed by atoms with Crippen LogP contribution in [0.1, 0.15) is 109 Å². The van der Waals surface area contributed by atoms with Gasteiger partial charge in [0.2, 0.25) is 0 Å². The number of rotatable bonds is 11. The fraction of sp³-hybridized carbons (Fsp3) is 0.936. The first-order valence-corrected chi connectivity index (χ1v) is 26.6. The predicted octanol–water partition coefficient (Wildman–Crippen LogP) is 7.87. The Morgan fingerprint density at radius 2 is 1.03 bits per heavy atom. The van der Waals surface area contributed by atoms with Gasteiger partial charge < -0.3 is 42.6 Å². The van der Waals surface area contributed by atoms with Crippen LogP contribution in [0.2, 0.25) is 0 Å². The van der Waals surface area contributed by atoms with Crippen LogP contribution in [0.4, 0.5) is 43.9 Å². The topological polar surface area (TPSA) is 189 Å². The van der Waals surface area contributed by atoms with E-state index in [9.17, 15) is 66.7 Å². The molecule has 8 saturated carbocycles. The van der Waals surface area contributed by atoms with Crippen molar-refractivity contribution >= 4 is 28.0 Å². The molecule has 8 atom stereocenters. The minimum absolute atomic E-state index is 0.00274. The zero-order valence-electron chi connectivity index (χ0n) is 39.7. The number of hydrogen-bond donors (Lipinski definition) is 1. The average molecular weight is 1090 g/mol. The zero-order valence-corrected chi connectivity index (χ0v) is 40.5. The maximum atomic E-state index is 14.5. The molecule has 15 nitrogen and oxygen atoms in total. The van der Waals surface area contributed by atoms with E-state index in [0.717, 1.165) is 0 Å². The van der Waals surface area contributed by atoms with Crippen LogP contribution in [0.15, 0.2) is 0 Å². The molecule has 0 radical (unpaired) electrons. The molecule has 3 aliphatic heterocycles. The average Bonchev–Trinajstić information content (AvgIpc) is 3.48. The normalized spacial score (nSPS) is 42.5. The second-order valence-corrected chi connectivity index (χ2v) is 25.0. The largest absolute Gasteiger partial charge is 0.465 e. The molecular weight excluding hydrogens is 1030 g/mol. The first-order chi connectivity index (χ1) is 34.0. The van der Waals surface area contributed by atoms with Crippen LogP contribution in [0.25, 0.3) is 0 Å². The summed E-state index contributed by atoms with van der Waals surface area (Å²) in [5.41, 5.74) is -5.40. The molecule has 11 rings (SSSR count). The molecule has 8 aliphatic carbocycles. The van der Waals surface area contributed by atoms with Gasteiger partial charge in [0.1, 0.15) is 45.2 Å². The van der Waals surface area contributed by atoms with E-state index >= 15 is 0 Å². The summed E-state index contributed by atoms with van der Waals surface area (Å²) in [6.07, 6.45) is 2.44. The molecule has 8 unspecified atom stereocenters. The number of alkyl halides is 10. The third-order valence-electron chi connectivity index (χ3n) is 18.3. The Morgan fingerprint density at radius 1 is 0.562 bits per heavy atom. The second-order valence-electron chi connectivity index (χ2n) is 23.5. The highest BCUT2D eigenvalue weighted by Gasteiger charge is 2.71. The molecule has 0 aromatic heterocycles. The summed E-state index contributed by atoms with van der Waals surface area (Å²) < 4.78 is 228. The summed E-state index contributed by atoms with van der Waals surface area (Å²) in [6, 6.07) is 0. The predicted molar refractivity (Wildman–Crippen MR) is 223 cm³/mol. The highest BCUT2D eigenvalue weighted by Crippen LogP contribution is 2.66. The van der Waals surface area contributed by atoms with Crippen molar-refractivity contribution in [2.75, 3.05) is 52.9 Å². The van der Waals surface area contributed by atoms with Crippen LogP contribution in [-0.2, 0) is 67.1 Å². The molecule has 0 aromatic rings. The molecule has 11 aliphatic rings. The van der Waals surface area contributed by atoms with Crippen molar-refractivity contribution in [2.24, 2.45) is 57.7 Å². The molecule has 414 valence electrons. The van der Waals surface area contributed by atoms with E-state index in [1.807, 2.05) is 0 Å². The molecule has 0 amide bonds. The van der Waals surface area contributed by atoms with Gasteiger partial charge in [-0.3, -0.25) is 14.1 Å². The molecule has 73 heavy (non-hydrogen) atoms. The Balaban J connectivity index is 0.860. The zero-order chi connectivity index (χ0) is 52.5. The fourth-order valence-electron chi connectivity index (χ4n) is 14.9. The van der Waals surface area contributed by atoms with Gasteiger partial charge in [0.05, 0.1) is 29.5 Å². The number of fused-ring (bicyclic) bond motifs is 4. The summed E-state index contributed by atoms with van der Waals surface area (Å²) in [5.74, 6) is -26.8. The first-order valence-electron chi connectivity index (χ1n) is 25.1. The lowest BCUT2D eigenvalue weighted by Crippen LogP contribution is -2.65. The molecule has 1 spiro atoms. The maximum absolute atomic E-state index is 14.5. The Labute approximate surface area is 413 Å². The van der Waals surface area contributed by atoms with E-state index in [1.165, 1.54) is 0 Å². The van der Waals surface area contributed by atoms with Crippen molar-refractivity contribution < 1.29 is 114 Å². The number of esters is 3. The molecule has 3 heterocycles. The summed E-state index contributed by atoms with van der Waals surface area (Å²) in [5, 5.41) is -5.24. The van der Waals surface area contributed by atoms with Crippen LogP contribution < -0.4 is 0 Å². The van der Waals surface area contributed by atoms with Crippen molar-refractivity contribution in [1.82, 2.24) is 0 Å². The van der Waals surface area contributed by atoms with Crippen molar-refractivity contribution in [1.29, 1.82) is 0 Å². The monoisotopic (exact) mass is 1090 g/mol. The number of carbonyl (C=O) groups excluding carboxylic acids is 3. The molecule has 11 fully saturated rings. The van der Waals surface area contributed by atoms with Crippen molar-refractivity contribution in [3.8, 4) is 0 Å². The summed E-state index contributed by atoms with van der Waals surface area (Å²) in [4.78, 5) is 41.6. The lowest BCUT2D eigenvalue weighted by Gasteiger charge is -2.62. The highest BCUT2D eigenvalue weighted by molar-refractivity contribution is 7.87. The molecular formula is C47H60F10O15S. The van der Waals surface area contributed by atoms with Crippen LogP contribution >= 0.6 is 0 Å². The van der Waals surface area contributed by atoms with E-state index in [-0.39, 0.29) is 69.5 Å². The van der Waals surface area contributed by atoms with Gasteiger partial charge in [0, 0.05) is 23.7 Å². The van der Waals surface area contributed by atoms with E-state index in [2.05, 4.69) is 0 Å². The standard InChI is InChI=1S/C47H60F10O15S/c48-42(49)22-66-33(67-23-43(42,50)51)29-7-26-3-1-5-39(11-26,14-29)35(58)68-20-38(18-64-34(65-19-38)30-8-27-4-2-6-41(13-27,15-30)72-37(60)47(56,57)73(61,62)63)21-69-36(59)40-12-28-9-31(16-40)46(32(10-28)17-40)70-24-44(52,53)45(54,55)25-71-46/h26-34H,1-25H2,(H,61,62,63). The van der Waals surface area contributed by atoms with E-state index in [4.69, 9.17) is 47.2 Å². The SMILES string of the molecule is O=C(OCC1(COC(=O)C23CC4CC(C2)C2(OCC(F)(F)C(F)(F)CO2)C(C4)C3)COC(C2CC3CCCC(OC(=O)C(F)(F)S(=O)(=O)O)(C3)C2)OC1)C12CCCC(CC(C3OCC(F)(F)C(F)(F)CO3)C1)C2. The van der Waals surface area contributed by atoms with Gasteiger partial charge in [0.15, 0.2) is 18.4 Å². The lowest BCUT2D eigenvalue weighted by atomic mass is 9.47. The number of carbonyl (C=O) groups is 3. The smallest absolute Gasteiger partial charge is 0.464 e. The minimum Gasteiger partial charge on any atom is -0.464 e. The van der Waals surface area contributed by atoms with Gasteiger partial charge in [-0.25, -0.2) is 4.79 Å². The molecule has 26 heteroatoms. The van der Waals surface area contributed by atoms with Crippen LogP contribution in [0.3, 0.4) is 0 Å². The highest BCUT2D eigenvalue weighted by atomic mass is 32.2. The van der Waals surface area contributed by atoms with Crippen molar-refractivity contribution in [2.45, 2.75) is 162 Å². The van der Waals surface area contributed by atoms with Crippen LogP contribution in [0.5, 0.6) is 0 Å². The van der Waals surface area contributed by atoms with Crippen LogP contribution in [0, 0.1) is 57.7 Å². The number of hydrogen-bond acceptors (Lipinski definition) is 14. The molecule has 0 aromatic carbocycles. The second kappa shape index (κ2) is 18.2. The van der Waals surface area contributed by atoms with Crippen molar-refractivity contribution in [3.05, 3.63) is 0 Å². The van der Waals surface area contributed by atoms with Gasteiger partial charge in [-0.2, -0.15) is 52.3 Å². The molecule has 3 saturated heterocycles. The minimum atomic E-state index is -6.16. The number of halogens is 10. The Bertz CT molecular complexity index is 2180. The van der Waals surface area contributed by atoms with Gasteiger partial charge in [-0.15, -0.1) is 0 Å². The Hall–Kier alpha value is -2.62. The van der Waals surface area contributed by atoms with Crippen LogP contribution in [-0.4, -0.2) is 137 Å². The Kier molecular flexibility index (Phi) is 13.4. The summed E-state index contributed by atoms with van der Waals surface area (Å²) in [7, 11) is -6.16. The fourth-order valence-corrected chi connectivity index (χ4v) is 15.2. The lowest BCUT2D eigenvalue weighted by molar-refractivity contribution is -0.346. The first kappa shape index (κ1) is 53.8. The molecule has 8 bridgehead atoms. The van der Waals surface area contributed by atoms with Gasteiger partial charge >= 0.3 is 57.0 Å². The van der Waals surface area contributed by atoms with Gasteiger partial charge in [-0.1, -0.05) is 19.3 Å². The van der Waals surface area contributed by atoms with E-state index < -0.39 is 160 Å². The van der Waals surface area contributed by atoms with E-state index in [1.54, 1.807) is 0 Å². The van der Waals surface area contributed by atoms with E-state index in [0.29, 0.717) is 70.6 Å². The number of ether oxygens (including phenoxy) is 9.